The second-order valence-electron chi connectivity index (χ2n) is 7.18. The highest BCUT2D eigenvalue weighted by Gasteiger charge is 2.29. The number of benzene rings is 1. The summed E-state index contributed by atoms with van der Waals surface area (Å²) in [6, 6.07) is 9.20. The molecule has 28 heavy (non-hydrogen) atoms. The van der Waals surface area contributed by atoms with Crippen molar-refractivity contribution in [3.8, 4) is 22.6 Å². The number of imidazole rings is 1. The molecule has 144 valence electrons. The normalized spacial score (nSPS) is 19.5. The highest BCUT2D eigenvalue weighted by molar-refractivity contribution is 5.87. The number of aromatic hydroxyl groups is 1. The van der Waals surface area contributed by atoms with Crippen molar-refractivity contribution < 1.29 is 14.6 Å². The Hall–Kier alpha value is -3.28. The van der Waals surface area contributed by atoms with Crippen LogP contribution in [0.5, 0.6) is 11.5 Å². The predicted octanol–water partition coefficient (Wildman–Crippen LogP) is 3.65. The van der Waals surface area contributed by atoms with E-state index in [2.05, 4.69) is 11.6 Å². The molecule has 0 bridgehead atoms. The third kappa shape index (κ3) is 3.45. The number of nitrogens with zero attached hydrogens (tertiary/aromatic N) is 3. The first-order valence-corrected chi connectivity index (χ1v) is 9.40. The Labute approximate surface area is 163 Å². The van der Waals surface area contributed by atoms with Crippen molar-refractivity contribution >= 4 is 11.4 Å². The van der Waals surface area contributed by atoms with Crippen molar-refractivity contribution in [2.45, 2.75) is 31.9 Å². The van der Waals surface area contributed by atoms with E-state index in [9.17, 15) is 9.90 Å². The van der Waals surface area contributed by atoms with E-state index in [1.807, 2.05) is 40.6 Å². The summed E-state index contributed by atoms with van der Waals surface area (Å²) in [7, 11) is 0. The molecular weight excluding hydrogens is 354 g/mol. The van der Waals surface area contributed by atoms with Gasteiger partial charge in [0.1, 0.15) is 23.1 Å². The van der Waals surface area contributed by atoms with Crippen molar-refractivity contribution in [2.24, 2.45) is 0 Å². The third-order valence-electron chi connectivity index (χ3n) is 5.26. The van der Waals surface area contributed by atoms with Gasteiger partial charge in [0.15, 0.2) is 0 Å². The number of hydrogen-bond acceptors (Lipinski definition) is 4. The molecule has 6 heteroatoms. The number of phenols is 1. The molecule has 6 nitrogen and oxygen atoms in total. The van der Waals surface area contributed by atoms with Crippen molar-refractivity contribution in [3.05, 3.63) is 61.7 Å². The number of aromatic nitrogens is 2. The lowest BCUT2D eigenvalue weighted by atomic mass is 10.00. The Morgan fingerprint density at radius 2 is 2.11 bits per heavy atom. The number of hydrogen-bond donors (Lipinski definition) is 1. The zero-order valence-electron chi connectivity index (χ0n) is 15.8. The average Bonchev–Trinajstić information content (AvgIpc) is 3.17. The van der Waals surface area contributed by atoms with Crippen LogP contribution in [0.3, 0.4) is 0 Å². The third-order valence-corrected chi connectivity index (χ3v) is 5.26. The van der Waals surface area contributed by atoms with Gasteiger partial charge >= 0.3 is 0 Å². The lowest BCUT2D eigenvalue weighted by Crippen LogP contribution is -2.46. The first-order chi connectivity index (χ1) is 13.5. The number of pyridine rings is 1. The minimum atomic E-state index is -0.0292. The quantitative estimate of drug-likeness (QED) is 0.705. The maximum atomic E-state index is 11.9. The number of likely N-dealkylation sites (tertiary alicyclic amines) is 1. The molecule has 1 aromatic carbocycles. The van der Waals surface area contributed by atoms with E-state index in [4.69, 9.17) is 4.74 Å². The first-order valence-electron chi connectivity index (χ1n) is 9.40. The zero-order valence-corrected chi connectivity index (χ0v) is 15.8. The van der Waals surface area contributed by atoms with Crippen molar-refractivity contribution in [3.63, 3.8) is 0 Å². The minimum absolute atomic E-state index is 0.0256. The van der Waals surface area contributed by atoms with Crippen LogP contribution >= 0.6 is 0 Å². The summed E-state index contributed by atoms with van der Waals surface area (Å²) in [6.07, 6.45) is 8.47. The summed E-state index contributed by atoms with van der Waals surface area (Å²) >= 11 is 0. The second-order valence-corrected chi connectivity index (χ2v) is 7.18. The van der Waals surface area contributed by atoms with E-state index in [0.29, 0.717) is 6.54 Å². The molecule has 4 rings (SSSR count). The Bertz CT molecular complexity index is 1010. The van der Waals surface area contributed by atoms with Crippen LogP contribution in [0.4, 0.5) is 0 Å². The van der Waals surface area contributed by atoms with Gasteiger partial charge in [-0.2, -0.15) is 0 Å². The second kappa shape index (κ2) is 7.38. The molecule has 0 aliphatic carbocycles. The van der Waals surface area contributed by atoms with E-state index in [1.54, 1.807) is 24.7 Å². The Kier molecular flexibility index (Phi) is 4.77. The SMILES string of the molecule is C=CC(=O)N1CC[C@@H](Oc2cc(-c3ccc(O)cc3)cn3cncc23)C[C@H]1C. The van der Waals surface area contributed by atoms with Crippen molar-refractivity contribution in [1.82, 2.24) is 14.3 Å². The number of ether oxygens (including phenoxy) is 1. The smallest absolute Gasteiger partial charge is 0.246 e. The molecule has 1 aliphatic rings. The molecule has 1 aliphatic heterocycles. The molecule has 3 aromatic rings. The molecule has 2 aromatic heterocycles. The fourth-order valence-electron chi connectivity index (χ4n) is 3.77. The van der Waals surface area contributed by atoms with Gasteiger partial charge < -0.3 is 19.1 Å². The van der Waals surface area contributed by atoms with Crippen LogP contribution in [0.15, 0.2) is 61.7 Å². The number of piperidine rings is 1. The molecule has 1 amide bonds. The lowest BCUT2D eigenvalue weighted by Gasteiger charge is -2.37. The molecule has 0 unspecified atom stereocenters. The number of phenolic OH excluding ortho intramolecular Hbond substituents is 1. The molecule has 0 saturated carbocycles. The molecule has 1 fully saturated rings. The fraction of sp³-hybridized carbons (Fsp3) is 0.273. The highest BCUT2D eigenvalue weighted by Crippen LogP contribution is 2.31. The number of amides is 1. The minimum Gasteiger partial charge on any atom is -0.508 e. The van der Waals surface area contributed by atoms with E-state index >= 15 is 0 Å². The van der Waals surface area contributed by atoms with E-state index in [1.165, 1.54) is 6.08 Å². The van der Waals surface area contributed by atoms with Gasteiger partial charge in [0.05, 0.1) is 12.5 Å². The maximum absolute atomic E-state index is 11.9. The first kappa shape index (κ1) is 18.1. The van der Waals surface area contributed by atoms with Gasteiger partial charge in [0, 0.05) is 37.2 Å². The number of carbonyl (C=O) groups is 1. The van der Waals surface area contributed by atoms with Gasteiger partial charge in [-0.05, 0) is 36.8 Å². The Morgan fingerprint density at radius 1 is 1.32 bits per heavy atom. The number of fused-ring (bicyclic) bond motifs is 1. The highest BCUT2D eigenvalue weighted by atomic mass is 16.5. The lowest BCUT2D eigenvalue weighted by molar-refractivity contribution is -0.130. The van der Waals surface area contributed by atoms with Gasteiger partial charge in [-0.15, -0.1) is 0 Å². The average molecular weight is 377 g/mol. The summed E-state index contributed by atoms with van der Waals surface area (Å²) in [5.41, 5.74) is 2.87. The van der Waals surface area contributed by atoms with E-state index < -0.39 is 0 Å². The summed E-state index contributed by atoms with van der Waals surface area (Å²) in [5.74, 6) is 0.973. The number of rotatable bonds is 4. The molecule has 0 spiro atoms. The fourth-order valence-corrected chi connectivity index (χ4v) is 3.77. The Morgan fingerprint density at radius 3 is 2.82 bits per heavy atom. The van der Waals surface area contributed by atoms with E-state index in [-0.39, 0.29) is 23.8 Å². The van der Waals surface area contributed by atoms with Gasteiger partial charge in [-0.25, -0.2) is 4.98 Å². The Balaban J connectivity index is 1.60. The number of carbonyl (C=O) groups excluding carboxylic acids is 1. The van der Waals surface area contributed by atoms with Gasteiger partial charge in [0.2, 0.25) is 5.91 Å². The van der Waals surface area contributed by atoms with Crippen molar-refractivity contribution in [2.75, 3.05) is 6.54 Å². The molecule has 0 radical (unpaired) electrons. The van der Waals surface area contributed by atoms with E-state index in [0.717, 1.165) is 35.2 Å². The molecule has 2 atom stereocenters. The molecule has 1 saturated heterocycles. The van der Waals surface area contributed by atoms with Crippen LogP contribution in [0.2, 0.25) is 0 Å². The van der Waals surface area contributed by atoms with Crippen molar-refractivity contribution in [1.29, 1.82) is 0 Å². The zero-order chi connectivity index (χ0) is 19.7. The monoisotopic (exact) mass is 377 g/mol. The summed E-state index contributed by atoms with van der Waals surface area (Å²) in [6.45, 7) is 6.28. The molecule has 3 heterocycles. The topological polar surface area (TPSA) is 67.1 Å². The van der Waals surface area contributed by atoms with Crippen LogP contribution < -0.4 is 4.74 Å². The molecule has 1 N–H and O–H groups in total. The van der Waals surface area contributed by atoms with Crippen LogP contribution in [-0.4, -0.2) is 44.0 Å². The maximum Gasteiger partial charge on any atom is 0.246 e. The molecular formula is C22H23N3O3. The van der Waals surface area contributed by atoms with Gasteiger partial charge in [-0.1, -0.05) is 18.7 Å². The summed E-state index contributed by atoms with van der Waals surface area (Å²) < 4.78 is 8.31. The predicted molar refractivity (Wildman–Crippen MR) is 107 cm³/mol. The van der Waals surface area contributed by atoms with Gasteiger partial charge in [0.25, 0.3) is 0 Å². The van der Waals surface area contributed by atoms with Crippen LogP contribution in [0.1, 0.15) is 19.8 Å². The van der Waals surface area contributed by atoms with Crippen LogP contribution in [-0.2, 0) is 4.79 Å². The van der Waals surface area contributed by atoms with Crippen LogP contribution in [0, 0.1) is 0 Å². The standard InChI is InChI=1S/C22H23N3O3/c1-3-22(27)25-9-8-19(10-15(25)2)28-21-11-17(13-24-14-23-12-20(21)24)16-4-6-18(26)7-5-16/h3-7,11-15,19,26H,1,8-10H2,2H3/t15-,19-/m1/s1. The van der Waals surface area contributed by atoms with Crippen LogP contribution in [0.25, 0.3) is 16.6 Å². The summed E-state index contributed by atoms with van der Waals surface area (Å²) in [4.78, 5) is 18.0. The largest absolute Gasteiger partial charge is 0.508 e. The van der Waals surface area contributed by atoms with Gasteiger partial charge in [-0.3, -0.25) is 4.79 Å². The summed E-state index contributed by atoms with van der Waals surface area (Å²) in [5, 5.41) is 9.54.